The Morgan fingerprint density at radius 2 is 1.75 bits per heavy atom. The minimum atomic E-state index is -5.11. The fourth-order valence-electron chi connectivity index (χ4n) is 0.476. The summed E-state index contributed by atoms with van der Waals surface area (Å²) in [6.45, 7) is -0.644. The number of carbonyl (C=O) groups is 1. The molecule has 0 bridgehead atoms. The molecule has 12 heteroatoms. The van der Waals surface area contributed by atoms with Crippen molar-refractivity contribution in [3.63, 3.8) is 0 Å². The molecule has 0 aliphatic carbocycles. The van der Waals surface area contributed by atoms with Gasteiger partial charge in [0.2, 0.25) is 0 Å². The van der Waals surface area contributed by atoms with E-state index in [1.807, 2.05) is 0 Å². The summed E-state index contributed by atoms with van der Waals surface area (Å²) in [5.41, 5.74) is 4.96. The number of nitrogens with zero attached hydrogens (tertiary/aromatic N) is 2. The van der Waals surface area contributed by atoms with Crippen molar-refractivity contribution in [1.29, 1.82) is 0 Å². The molecule has 0 aliphatic heterocycles. The molecule has 0 amide bonds. The molecule has 0 aromatic rings. The fourth-order valence-corrected chi connectivity index (χ4v) is 0.880. The molecule has 0 saturated heterocycles. The molecule has 0 spiro atoms. The van der Waals surface area contributed by atoms with Crippen molar-refractivity contribution in [3.8, 4) is 0 Å². The van der Waals surface area contributed by atoms with Gasteiger partial charge >= 0.3 is 88.7 Å². The number of aliphatic carboxylic acids is 1. The van der Waals surface area contributed by atoms with Gasteiger partial charge < -0.3 is 34.9 Å². The van der Waals surface area contributed by atoms with Gasteiger partial charge in [-0.15, -0.1) is 0 Å². The second-order valence-electron chi connectivity index (χ2n) is 2.15. The smallest absolute Gasteiger partial charge is 0.793 e. The minimum Gasteiger partial charge on any atom is -0.793 e. The van der Waals surface area contributed by atoms with Crippen LogP contribution in [0.4, 0.5) is 0 Å². The minimum absolute atomic E-state index is 0. The van der Waals surface area contributed by atoms with Crippen molar-refractivity contribution in [2.75, 3.05) is 13.6 Å². The summed E-state index contributed by atoms with van der Waals surface area (Å²) in [6, 6.07) is 0. The number of nitrogens with two attached hydrogens (primary N) is 1. The van der Waals surface area contributed by atoms with E-state index < -0.39 is 26.2 Å². The zero-order valence-electron chi connectivity index (χ0n) is 9.67. The van der Waals surface area contributed by atoms with Crippen molar-refractivity contribution in [3.05, 3.63) is 0 Å². The van der Waals surface area contributed by atoms with E-state index in [1.54, 1.807) is 0 Å². The maximum absolute atomic E-state index is 10.0. The Hall–Kier alpha value is 1.89. The summed E-state index contributed by atoms with van der Waals surface area (Å²) < 4.78 is 12.6. The average Bonchev–Trinajstić information content (AvgIpc) is 1.81. The molecule has 0 atom stereocenters. The van der Waals surface area contributed by atoms with Crippen LogP contribution < -0.4 is 109 Å². The molecule has 0 heterocycles. The van der Waals surface area contributed by atoms with Crippen LogP contribution in [0.3, 0.4) is 0 Å². The normalized spacial score (nSPS) is 10.3. The van der Waals surface area contributed by atoms with Gasteiger partial charge in [-0.25, -0.2) is 4.76 Å². The molecule has 0 aromatic carbocycles. The van der Waals surface area contributed by atoms with Crippen molar-refractivity contribution < 1.29 is 113 Å². The second-order valence-corrected chi connectivity index (χ2v) is 3.29. The third-order valence-electron chi connectivity index (χ3n) is 0.982. The molecule has 0 saturated carbocycles. The summed E-state index contributed by atoms with van der Waals surface area (Å²) in [4.78, 5) is 30.8. The third kappa shape index (κ3) is 15.9. The maximum atomic E-state index is 10.0. The summed E-state index contributed by atoms with van der Waals surface area (Å²) in [5, 5.41) is 9.99. The molecular weight excluding hydrogens is 270 g/mol. The van der Waals surface area contributed by atoms with Gasteiger partial charge in [0.05, 0.1) is 20.3 Å². The molecule has 16 heavy (non-hydrogen) atoms. The van der Waals surface area contributed by atoms with Crippen LogP contribution in [0, 0.1) is 0 Å². The molecule has 76 valence electrons. The van der Waals surface area contributed by atoms with Crippen molar-refractivity contribution in [1.82, 2.24) is 4.90 Å². The predicted molar refractivity (Wildman–Crippen MR) is 36.9 cm³/mol. The molecule has 0 fully saturated rings. The number of rotatable bonds is 3. The Bertz CT molecular complexity index is 282. The van der Waals surface area contributed by atoms with E-state index in [9.17, 15) is 24.3 Å². The second kappa shape index (κ2) is 12.0. The molecule has 2 N–H and O–H groups in total. The van der Waals surface area contributed by atoms with E-state index in [0.29, 0.717) is 0 Å². The zero-order chi connectivity index (χ0) is 10.6. The monoisotopic (exact) mass is 277 g/mol. The van der Waals surface area contributed by atoms with Gasteiger partial charge in [0.1, 0.15) is 0 Å². The third-order valence-corrected chi connectivity index (χ3v) is 1.43. The fraction of sp³-hybridized carbons (Fsp3) is 0.500. The van der Waals surface area contributed by atoms with Crippen molar-refractivity contribution in [2.24, 2.45) is 10.5 Å². The van der Waals surface area contributed by atoms with Crippen LogP contribution in [-0.4, -0.2) is 30.4 Å². The van der Waals surface area contributed by atoms with Gasteiger partial charge in [0.25, 0.3) is 0 Å². The standard InChI is InChI=1S/C4H10N3O5P.3Na/c1-7(2-3(8)9)4(5)6-13(10,11)12;;;/h2H2,1H3,(H,8,9)(H4,5,6,10,11,12);;;/q;3*+1/p-3. The number of hydrogen-bond donors (Lipinski definition) is 1. The number of carboxylic acid groups (broad SMARTS) is 1. The molecule has 0 unspecified atom stereocenters. The van der Waals surface area contributed by atoms with Crippen molar-refractivity contribution >= 4 is 19.7 Å². The molecule has 0 radical (unpaired) electrons. The number of carbonyl (C=O) groups excluding carboxylic acids is 1. The van der Waals surface area contributed by atoms with Crippen LogP contribution in [-0.2, 0) is 9.36 Å². The van der Waals surface area contributed by atoms with Gasteiger partial charge in [-0.1, -0.05) is 0 Å². The van der Waals surface area contributed by atoms with E-state index in [-0.39, 0.29) is 88.7 Å². The molecular formula is C4H7N3Na3O5P. The Morgan fingerprint density at radius 1 is 1.38 bits per heavy atom. The summed E-state index contributed by atoms with van der Waals surface area (Å²) in [7, 11) is -3.95. The predicted octanol–water partition coefficient (Wildman–Crippen LogP) is -13.2. The average molecular weight is 277 g/mol. The van der Waals surface area contributed by atoms with Crippen LogP contribution >= 0.6 is 7.75 Å². The Kier molecular flexibility index (Phi) is 19.8. The SMILES string of the molecule is CN(CC(=O)[O-])/C(N)=N/P(=O)([O-])[O-].[Na+].[Na+].[Na+]. The van der Waals surface area contributed by atoms with Gasteiger partial charge in [-0.2, -0.15) is 0 Å². The van der Waals surface area contributed by atoms with Crippen LogP contribution in [0.1, 0.15) is 0 Å². The Balaban J connectivity index is -0.000000240. The summed E-state index contributed by atoms with van der Waals surface area (Å²) >= 11 is 0. The molecule has 0 aliphatic rings. The molecule has 0 aromatic heterocycles. The summed E-state index contributed by atoms with van der Waals surface area (Å²) in [6.07, 6.45) is 0. The molecule has 8 nitrogen and oxygen atoms in total. The number of hydrogen-bond acceptors (Lipinski definition) is 5. The molecule has 0 rings (SSSR count). The van der Waals surface area contributed by atoms with Gasteiger partial charge in [0.15, 0.2) is 5.96 Å². The van der Waals surface area contributed by atoms with Gasteiger partial charge in [0, 0.05) is 7.05 Å². The first-order valence-corrected chi connectivity index (χ1v) is 4.50. The Labute approximate surface area is 159 Å². The van der Waals surface area contributed by atoms with Crippen LogP contribution in [0.2, 0.25) is 0 Å². The topological polar surface area (TPSA) is 145 Å². The Morgan fingerprint density at radius 3 is 2.00 bits per heavy atom. The van der Waals surface area contributed by atoms with E-state index >= 15 is 0 Å². The van der Waals surface area contributed by atoms with Crippen LogP contribution in [0.15, 0.2) is 4.76 Å². The van der Waals surface area contributed by atoms with E-state index in [2.05, 4.69) is 4.76 Å². The van der Waals surface area contributed by atoms with E-state index in [0.717, 1.165) is 11.9 Å². The van der Waals surface area contributed by atoms with E-state index in [4.69, 9.17) is 5.73 Å². The zero-order valence-corrected chi connectivity index (χ0v) is 16.6. The van der Waals surface area contributed by atoms with Crippen LogP contribution in [0.25, 0.3) is 0 Å². The number of guanidine groups is 1. The maximum Gasteiger partial charge on any atom is 1.00 e. The summed E-state index contributed by atoms with van der Waals surface area (Å²) in [5.74, 6) is -2.15. The first kappa shape index (κ1) is 26.5. The van der Waals surface area contributed by atoms with Gasteiger partial charge in [-0.05, 0) is 0 Å². The van der Waals surface area contributed by atoms with Crippen molar-refractivity contribution in [2.45, 2.75) is 0 Å². The van der Waals surface area contributed by atoms with Gasteiger partial charge in [-0.3, -0.25) is 0 Å². The quantitative estimate of drug-likeness (QED) is 0.233. The largest absolute Gasteiger partial charge is 1.00 e. The first-order chi connectivity index (χ1) is 5.72. The van der Waals surface area contributed by atoms with E-state index in [1.165, 1.54) is 0 Å². The number of likely N-dealkylation sites (N-methyl/N-ethyl adjacent to an activating group) is 1. The van der Waals surface area contributed by atoms with Crippen LogP contribution in [0.5, 0.6) is 0 Å². The number of carboxylic acids is 1. The first-order valence-electron chi connectivity index (χ1n) is 3.01.